The average molecular weight is 352 g/mol. The number of imidazole rings is 1. The zero-order chi connectivity index (χ0) is 18.3. The maximum absolute atomic E-state index is 11.3. The molecule has 0 amide bonds. The van der Waals surface area contributed by atoms with Crippen molar-refractivity contribution in [3.05, 3.63) is 42.0 Å². The highest BCUT2D eigenvalue weighted by Crippen LogP contribution is 2.40. The molecule has 6 nitrogen and oxygen atoms in total. The molecule has 0 aliphatic heterocycles. The molecule has 0 radical (unpaired) electrons. The average Bonchev–Trinajstić information content (AvgIpc) is 3.27. The first-order valence-electron chi connectivity index (χ1n) is 8.71. The quantitative estimate of drug-likeness (QED) is 0.734. The van der Waals surface area contributed by atoms with Crippen LogP contribution in [0.4, 0.5) is 0 Å². The van der Waals surface area contributed by atoms with Crippen molar-refractivity contribution in [1.82, 2.24) is 9.55 Å². The van der Waals surface area contributed by atoms with Crippen LogP contribution in [0.2, 0.25) is 0 Å². The molecule has 1 aliphatic rings. The van der Waals surface area contributed by atoms with Gasteiger partial charge in [0.05, 0.1) is 29.3 Å². The molecule has 3 aromatic rings. The molecule has 1 heterocycles. The van der Waals surface area contributed by atoms with Crippen LogP contribution >= 0.6 is 0 Å². The van der Waals surface area contributed by atoms with E-state index < -0.39 is 5.97 Å². The summed E-state index contributed by atoms with van der Waals surface area (Å²) in [6, 6.07) is 10.4. The van der Waals surface area contributed by atoms with Crippen LogP contribution in [0.5, 0.6) is 11.5 Å². The van der Waals surface area contributed by atoms with E-state index in [0.717, 1.165) is 29.7 Å². The number of phenolic OH excluding ortho intramolecular Hbond substituents is 1. The molecule has 2 N–H and O–H groups in total. The van der Waals surface area contributed by atoms with E-state index in [0.29, 0.717) is 17.3 Å². The van der Waals surface area contributed by atoms with Gasteiger partial charge in [-0.25, -0.2) is 9.78 Å². The molecule has 1 aliphatic carbocycles. The van der Waals surface area contributed by atoms with Gasteiger partial charge in [0.15, 0.2) is 0 Å². The minimum atomic E-state index is -0.967. The highest BCUT2D eigenvalue weighted by atomic mass is 16.5. The maximum Gasteiger partial charge on any atom is 0.335 e. The van der Waals surface area contributed by atoms with Gasteiger partial charge < -0.3 is 19.5 Å². The van der Waals surface area contributed by atoms with Gasteiger partial charge in [-0.05, 0) is 43.2 Å². The molecule has 0 spiro atoms. The minimum Gasteiger partial charge on any atom is -0.508 e. The smallest absolute Gasteiger partial charge is 0.335 e. The van der Waals surface area contributed by atoms with Crippen LogP contribution in [0.15, 0.2) is 36.4 Å². The van der Waals surface area contributed by atoms with E-state index in [1.54, 1.807) is 37.4 Å². The Morgan fingerprint density at radius 1 is 1.19 bits per heavy atom. The second kappa shape index (κ2) is 6.37. The molecule has 0 bridgehead atoms. The maximum atomic E-state index is 11.3. The lowest BCUT2D eigenvalue weighted by atomic mass is 10.1. The van der Waals surface area contributed by atoms with E-state index in [4.69, 9.17) is 9.72 Å². The molecule has 1 saturated carbocycles. The summed E-state index contributed by atoms with van der Waals surface area (Å²) in [5.74, 6) is 0.442. The topological polar surface area (TPSA) is 84.6 Å². The number of aromatic nitrogens is 2. The molecule has 4 rings (SSSR count). The summed E-state index contributed by atoms with van der Waals surface area (Å²) in [4.78, 5) is 16.1. The number of carbonyl (C=O) groups is 1. The monoisotopic (exact) mass is 352 g/mol. The van der Waals surface area contributed by atoms with Crippen molar-refractivity contribution in [2.45, 2.75) is 31.7 Å². The van der Waals surface area contributed by atoms with E-state index >= 15 is 0 Å². The van der Waals surface area contributed by atoms with Crippen LogP contribution < -0.4 is 4.74 Å². The van der Waals surface area contributed by atoms with E-state index in [9.17, 15) is 15.0 Å². The SMILES string of the molecule is COc1cc(O)ccc1-c1nc2cc(C(=O)O)ccc2n1C1CCCC1. The Bertz CT molecular complexity index is 987. The molecule has 0 atom stereocenters. The Balaban J connectivity index is 1.98. The van der Waals surface area contributed by atoms with Crippen molar-refractivity contribution < 1.29 is 19.7 Å². The fourth-order valence-electron chi connectivity index (χ4n) is 3.82. The van der Waals surface area contributed by atoms with Crippen LogP contribution in [-0.4, -0.2) is 32.8 Å². The van der Waals surface area contributed by atoms with Gasteiger partial charge in [-0.2, -0.15) is 0 Å². The zero-order valence-corrected chi connectivity index (χ0v) is 14.5. The number of rotatable bonds is 4. The van der Waals surface area contributed by atoms with E-state index in [1.807, 2.05) is 6.07 Å². The third-order valence-electron chi connectivity index (χ3n) is 5.05. The van der Waals surface area contributed by atoms with Crippen molar-refractivity contribution in [1.29, 1.82) is 0 Å². The lowest BCUT2D eigenvalue weighted by molar-refractivity contribution is 0.0697. The van der Waals surface area contributed by atoms with Crippen LogP contribution in [0.3, 0.4) is 0 Å². The van der Waals surface area contributed by atoms with E-state index in [1.165, 1.54) is 12.8 Å². The lowest BCUT2D eigenvalue weighted by Gasteiger charge is -2.18. The fraction of sp³-hybridized carbons (Fsp3) is 0.300. The summed E-state index contributed by atoms with van der Waals surface area (Å²) >= 11 is 0. The predicted molar refractivity (Wildman–Crippen MR) is 97.9 cm³/mol. The Hall–Kier alpha value is -3.02. The first-order valence-corrected chi connectivity index (χ1v) is 8.71. The number of ether oxygens (including phenoxy) is 1. The summed E-state index contributed by atoms with van der Waals surface area (Å²) in [7, 11) is 1.56. The van der Waals surface area contributed by atoms with Crippen LogP contribution in [-0.2, 0) is 0 Å². The highest BCUT2D eigenvalue weighted by molar-refractivity contribution is 5.93. The van der Waals surface area contributed by atoms with Crippen molar-refractivity contribution in [2.75, 3.05) is 7.11 Å². The molecule has 0 saturated heterocycles. The number of benzene rings is 2. The van der Waals surface area contributed by atoms with Crippen molar-refractivity contribution in [3.63, 3.8) is 0 Å². The summed E-state index contributed by atoms with van der Waals surface area (Å²) in [5, 5.41) is 19.0. The molecule has 1 fully saturated rings. The van der Waals surface area contributed by atoms with Crippen molar-refractivity contribution in [3.8, 4) is 22.9 Å². The summed E-state index contributed by atoms with van der Waals surface area (Å²) in [6.07, 6.45) is 4.48. The first kappa shape index (κ1) is 16.4. The number of phenols is 1. The van der Waals surface area contributed by atoms with Crippen molar-refractivity contribution >= 4 is 17.0 Å². The summed E-state index contributed by atoms with van der Waals surface area (Å²) < 4.78 is 7.65. The highest BCUT2D eigenvalue weighted by Gasteiger charge is 2.25. The number of hydrogen-bond donors (Lipinski definition) is 2. The Kier molecular flexibility index (Phi) is 4.03. The third kappa shape index (κ3) is 2.67. The summed E-state index contributed by atoms with van der Waals surface area (Å²) in [5.41, 5.74) is 2.58. The normalized spacial score (nSPS) is 14.8. The predicted octanol–water partition coefficient (Wildman–Crippen LogP) is 4.23. The van der Waals surface area contributed by atoms with Crippen molar-refractivity contribution in [2.24, 2.45) is 0 Å². The molecular weight excluding hydrogens is 332 g/mol. The van der Waals surface area contributed by atoms with Crippen LogP contribution in [0.1, 0.15) is 42.1 Å². The Morgan fingerprint density at radius 3 is 2.65 bits per heavy atom. The number of aromatic hydroxyl groups is 1. The van der Waals surface area contributed by atoms with Gasteiger partial charge in [-0.3, -0.25) is 0 Å². The molecule has 0 unspecified atom stereocenters. The number of carboxylic acids is 1. The zero-order valence-electron chi connectivity index (χ0n) is 14.5. The van der Waals surface area contributed by atoms with Gasteiger partial charge in [0, 0.05) is 12.1 Å². The Morgan fingerprint density at radius 2 is 1.96 bits per heavy atom. The molecular formula is C20H20N2O4. The number of fused-ring (bicyclic) bond motifs is 1. The van der Waals surface area contributed by atoms with Crippen LogP contribution in [0.25, 0.3) is 22.4 Å². The largest absolute Gasteiger partial charge is 0.508 e. The molecule has 134 valence electrons. The number of methoxy groups -OCH3 is 1. The van der Waals surface area contributed by atoms with E-state index in [2.05, 4.69) is 4.57 Å². The fourth-order valence-corrected chi connectivity index (χ4v) is 3.82. The minimum absolute atomic E-state index is 0.127. The van der Waals surface area contributed by atoms with Gasteiger partial charge in [-0.15, -0.1) is 0 Å². The second-order valence-corrected chi connectivity index (χ2v) is 6.64. The molecule has 6 heteroatoms. The summed E-state index contributed by atoms with van der Waals surface area (Å²) in [6.45, 7) is 0. The standard InChI is InChI=1S/C20H20N2O4/c1-26-18-11-14(23)7-8-15(18)19-21-16-10-12(20(24)25)6-9-17(16)22(19)13-4-2-3-5-13/h6-11,13,23H,2-5H2,1H3,(H,24,25). The lowest BCUT2D eigenvalue weighted by Crippen LogP contribution is -2.07. The second-order valence-electron chi connectivity index (χ2n) is 6.64. The van der Waals surface area contributed by atoms with Gasteiger partial charge in [0.25, 0.3) is 0 Å². The van der Waals surface area contributed by atoms with Gasteiger partial charge in [0.2, 0.25) is 0 Å². The molecule has 1 aromatic heterocycles. The number of hydrogen-bond acceptors (Lipinski definition) is 4. The number of nitrogens with zero attached hydrogens (tertiary/aromatic N) is 2. The van der Waals surface area contributed by atoms with Crippen LogP contribution in [0, 0.1) is 0 Å². The van der Waals surface area contributed by atoms with E-state index in [-0.39, 0.29) is 11.3 Å². The van der Waals surface area contributed by atoms with Gasteiger partial charge in [0.1, 0.15) is 17.3 Å². The molecule has 2 aromatic carbocycles. The Labute approximate surface area is 150 Å². The third-order valence-corrected chi connectivity index (χ3v) is 5.05. The van der Waals surface area contributed by atoms with Gasteiger partial charge in [-0.1, -0.05) is 12.8 Å². The number of aromatic carboxylic acids is 1. The number of carboxylic acid groups (broad SMARTS) is 1. The first-order chi connectivity index (χ1) is 12.6. The van der Waals surface area contributed by atoms with Gasteiger partial charge >= 0.3 is 5.97 Å². The molecule has 26 heavy (non-hydrogen) atoms.